The summed E-state index contributed by atoms with van der Waals surface area (Å²) < 4.78 is 1.96. The highest BCUT2D eigenvalue weighted by Crippen LogP contribution is 2.27. The smallest absolute Gasteiger partial charge is 0.0802 e. The lowest BCUT2D eigenvalue weighted by atomic mass is 10.0. The third kappa shape index (κ3) is 2.62. The van der Waals surface area contributed by atoms with Crippen molar-refractivity contribution in [2.45, 2.75) is 39.8 Å². The predicted octanol–water partition coefficient (Wildman–Crippen LogP) is 2.76. The molecule has 0 aliphatic carbocycles. The molecule has 0 saturated carbocycles. The van der Waals surface area contributed by atoms with Crippen LogP contribution in [0.15, 0.2) is 17.0 Å². The number of hydrogen-bond acceptors (Lipinski definition) is 4. The predicted molar refractivity (Wildman–Crippen MR) is 74.9 cm³/mol. The van der Waals surface area contributed by atoms with Crippen molar-refractivity contribution < 1.29 is 0 Å². The van der Waals surface area contributed by atoms with Gasteiger partial charge in [-0.3, -0.25) is 0 Å². The van der Waals surface area contributed by atoms with E-state index in [4.69, 9.17) is 0 Å². The average Bonchev–Trinajstić information content (AvgIpc) is 2.99. The summed E-state index contributed by atoms with van der Waals surface area (Å²) in [6.07, 6.45) is 2.99. The Morgan fingerprint density at radius 1 is 1.39 bits per heavy atom. The molecule has 0 amide bonds. The fourth-order valence-electron chi connectivity index (χ4n) is 2.06. The molecular formula is C13H20N4S. The van der Waals surface area contributed by atoms with Crippen LogP contribution in [0.2, 0.25) is 0 Å². The van der Waals surface area contributed by atoms with Gasteiger partial charge >= 0.3 is 0 Å². The Bertz CT molecular complexity index is 489. The van der Waals surface area contributed by atoms with Gasteiger partial charge in [0.1, 0.15) is 0 Å². The number of aryl methyl sites for hydroxylation is 2. The summed E-state index contributed by atoms with van der Waals surface area (Å²) in [4.78, 5) is 0. The van der Waals surface area contributed by atoms with Gasteiger partial charge in [0.25, 0.3) is 0 Å². The molecule has 4 nitrogen and oxygen atoms in total. The second-order valence-electron chi connectivity index (χ2n) is 4.37. The molecule has 0 saturated heterocycles. The van der Waals surface area contributed by atoms with Crippen LogP contribution in [0.3, 0.4) is 0 Å². The normalized spacial score (nSPS) is 12.8. The van der Waals surface area contributed by atoms with Crippen molar-refractivity contribution >= 4 is 11.3 Å². The Hall–Kier alpha value is -1.20. The summed E-state index contributed by atoms with van der Waals surface area (Å²) >= 11 is 1.75. The Labute approximate surface area is 112 Å². The first kappa shape index (κ1) is 13.2. The molecule has 1 unspecified atom stereocenters. The summed E-state index contributed by atoms with van der Waals surface area (Å²) in [7, 11) is 0. The first-order valence-electron chi connectivity index (χ1n) is 6.42. The molecule has 2 aromatic rings. The second kappa shape index (κ2) is 6.11. The quantitative estimate of drug-likeness (QED) is 0.872. The van der Waals surface area contributed by atoms with Crippen LogP contribution in [0.1, 0.15) is 43.1 Å². The largest absolute Gasteiger partial charge is 0.305 e. The van der Waals surface area contributed by atoms with E-state index in [0.717, 1.165) is 25.2 Å². The van der Waals surface area contributed by atoms with Gasteiger partial charge in [0.2, 0.25) is 0 Å². The Morgan fingerprint density at radius 2 is 2.22 bits per heavy atom. The molecule has 98 valence electrons. The molecule has 0 aromatic carbocycles. The lowest BCUT2D eigenvalue weighted by Crippen LogP contribution is -2.26. The van der Waals surface area contributed by atoms with E-state index in [1.807, 2.05) is 10.9 Å². The van der Waals surface area contributed by atoms with Crippen molar-refractivity contribution in [2.24, 2.45) is 0 Å². The number of aromatic nitrogens is 3. The monoisotopic (exact) mass is 264 g/mol. The van der Waals surface area contributed by atoms with Gasteiger partial charge in [-0.05, 0) is 48.7 Å². The topological polar surface area (TPSA) is 42.7 Å². The molecule has 0 radical (unpaired) electrons. The van der Waals surface area contributed by atoms with E-state index in [1.165, 1.54) is 11.1 Å². The molecule has 2 aromatic heterocycles. The Kier molecular flexibility index (Phi) is 4.49. The number of nitrogens with one attached hydrogen (secondary N) is 1. The maximum absolute atomic E-state index is 4.13. The molecular weight excluding hydrogens is 244 g/mol. The van der Waals surface area contributed by atoms with Gasteiger partial charge in [0.05, 0.1) is 17.9 Å². The average molecular weight is 264 g/mol. The van der Waals surface area contributed by atoms with E-state index in [9.17, 15) is 0 Å². The molecule has 1 N–H and O–H groups in total. The van der Waals surface area contributed by atoms with Crippen LogP contribution in [0, 0.1) is 6.92 Å². The van der Waals surface area contributed by atoms with E-state index < -0.39 is 0 Å². The van der Waals surface area contributed by atoms with Crippen LogP contribution in [-0.4, -0.2) is 21.5 Å². The van der Waals surface area contributed by atoms with Gasteiger partial charge < -0.3 is 5.32 Å². The Balaban J connectivity index is 2.34. The van der Waals surface area contributed by atoms with Gasteiger partial charge in [0.15, 0.2) is 0 Å². The lowest BCUT2D eigenvalue weighted by molar-refractivity contribution is 0.523. The highest BCUT2D eigenvalue weighted by molar-refractivity contribution is 7.08. The van der Waals surface area contributed by atoms with Crippen molar-refractivity contribution in [2.75, 3.05) is 6.54 Å². The van der Waals surface area contributed by atoms with Crippen LogP contribution in [0.4, 0.5) is 0 Å². The molecule has 0 aliphatic heterocycles. The summed E-state index contributed by atoms with van der Waals surface area (Å²) in [5, 5.41) is 16.2. The van der Waals surface area contributed by atoms with Gasteiger partial charge in [-0.25, -0.2) is 4.68 Å². The van der Waals surface area contributed by atoms with E-state index in [0.29, 0.717) is 0 Å². The summed E-state index contributed by atoms with van der Waals surface area (Å²) in [6.45, 7) is 8.28. The van der Waals surface area contributed by atoms with Gasteiger partial charge in [-0.15, -0.1) is 5.10 Å². The molecule has 1 atom stereocenters. The zero-order chi connectivity index (χ0) is 13.0. The molecule has 2 heterocycles. The van der Waals surface area contributed by atoms with E-state index in [-0.39, 0.29) is 6.04 Å². The van der Waals surface area contributed by atoms with Gasteiger partial charge in [-0.1, -0.05) is 12.1 Å². The van der Waals surface area contributed by atoms with Crippen molar-refractivity contribution in [3.05, 3.63) is 33.8 Å². The van der Waals surface area contributed by atoms with Crippen molar-refractivity contribution in [1.82, 2.24) is 20.3 Å². The first-order chi connectivity index (χ1) is 8.77. The maximum atomic E-state index is 4.13. The van der Waals surface area contributed by atoms with Crippen molar-refractivity contribution in [3.8, 4) is 0 Å². The number of rotatable bonds is 6. The highest BCUT2D eigenvalue weighted by atomic mass is 32.1. The molecule has 0 spiro atoms. The van der Waals surface area contributed by atoms with Crippen molar-refractivity contribution in [1.29, 1.82) is 0 Å². The zero-order valence-electron chi connectivity index (χ0n) is 11.2. The van der Waals surface area contributed by atoms with Crippen LogP contribution < -0.4 is 5.32 Å². The third-order valence-electron chi connectivity index (χ3n) is 3.05. The third-order valence-corrected chi connectivity index (χ3v) is 3.93. The summed E-state index contributed by atoms with van der Waals surface area (Å²) in [5.41, 5.74) is 3.82. The number of thiophene rings is 1. The minimum atomic E-state index is 0.200. The zero-order valence-corrected chi connectivity index (χ0v) is 12.0. The van der Waals surface area contributed by atoms with Crippen LogP contribution >= 0.6 is 11.3 Å². The second-order valence-corrected chi connectivity index (χ2v) is 5.12. The molecule has 2 rings (SSSR count). The lowest BCUT2D eigenvalue weighted by Gasteiger charge is -2.19. The highest BCUT2D eigenvalue weighted by Gasteiger charge is 2.20. The van der Waals surface area contributed by atoms with E-state index in [1.54, 1.807) is 11.3 Å². The van der Waals surface area contributed by atoms with E-state index in [2.05, 4.69) is 47.2 Å². The van der Waals surface area contributed by atoms with Gasteiger partial charge in [-0.2, -0.15) is 11.3 Å². The van der Waals surface area contributed by atoms with Crippen LogP contribution in [0.25, 0.3) is 0 Å². The molecule has 18 heavy (non-hydrogen) atoms. The van der Waals surface area contributed by atoms with Crippen LogP contribution in [-0.2, 0) is 6.54 Å². The molecule has 0 fully saturated rings. The van der Waals surface area contributed by atoms with Crippen LogP contribution in [0.5, 0.6) is 0 Å². The summed E-state index contributed by atoms with van der Waals surface area (Å²) in [5.74, 6) is 0. The Morgan fingerprint density at radius 3 is 2.83 bits per heavy atom. The molecule has 5 heteroatoms. The first-order valence-corrected chi connectivity index (χ1v) is 7.36. The molecule has 0 bridgehead atoms. The van der Waals surface area contributed by atoms with Crippen molar-refractivity contribution in [3.63, 3.8) is 0 Å². The SMILES string of the molecule is CCCNC(c1cscc1C)c1cnnn1CC. The fourth-order valence-corrected chi connectivity index (χ4v) is 2.94. The summed E-state index contributed by atoms with van der Waals surface area (Å²) in [6, 6.07) is 0.200. The molecule has 0 aliphatic rings. The minimum Gasteiger partial charge on any atom is -0.305 e. The van der Waals surface area contributed by atoms with Gasteiger partial charge in [0, 0.05) is 6.54 Å². The number of nitrogens with zero attached hydrogens (tertiary/aromatic N) is 3. The fraction of sp³-hybridized carbons (Fsp3) is 0.538. The maximum Gasteiger partial charge on any atom is 0.0802 e. The number of hydrogen-bond donors (Lipinski definition) is 1. The minimum absolute atomic E-state index is 0.200. The standard InChI is InChI=1S/C13H20N4S/c1-4-6-14-13(11-9-18-8-10(11)3)12-7-15-16-17(12)5-2/h7-9,13-14H,4-6H2,1-3H3. The van der Waals surface area contributed by atoms with E-state index >= 15 is 0 Å².